The summed E-state index contributed by atoms with van der Waals surface area (Å²) in [6, 6.07) is 21.7. The van der Waals surface area contributed by atoms with Gasteiger partial charge < -0.3 is 20.3 Å². The van der Waals surface area contributed by atoms with Gasteiger partial charge in [0.05, 0.1) is 5.56 Å². The lowest BCUT2D eigenvalue weighted by molar-refractivity contribution is 0.0699. The van der Waals surface area contributed by atoms with E-state index in [1.165, 1.54) is 16.3 Å². The summed E-state index contributed by atoms with van der Waals surface area (Å²) < 4.78 is 0. The summed E-state index contributed by atoms with van der Waals surface area (Å²) in [6.07, 6.45) is 2.65. The minimum absolute atomic E-state index is 0.269. The van der Waals surface area contributed by atoms with Crippen molar-refractivity contribution in [2.24, 2.45) is 0 Å². The number of nitrogens with zero attached hydrogens (tertiary/aromatic N) is 1. The molecule has 5 nitrogen and oxygen atoms in total. The van der Waals surface area contributed by atoms with E-state index in [2.05, 4.69) is 70.7 Å². The lowest BCUT2D eigenvalue weighted by atomic mass is 9.99. The van der Waals surface area contributed by atoms with Gasteiger partial charge in [-0.15, -0.1) is 0 Å². The molecule has 0 bridgehead atoms. The lowest BCUT2D eigenvalue weighted by Crippen LogP contribution is -2.34. The molecule has 1 aromatic heterocycles. The Morgan fingerprint density at radius 3 is 2.83 bits per heavy atom. The van der Waals surface area contributed by atoms with Gasteiger partial charge in [0.25, 0.3) is 0 Å². The standard InChI is InChI=1S/C25H25N3O2/c1-16(20-8-4-6-17-5-2-3-7-21(17)20)27-18-11-12-28(15-18)19-9-10-22-23(25(29)30)14-26-24(22)13-19/h2-10,13-14,16,18,26-27H,11-12,15H2,1H3,(H,29,30)/t16-,18+/m1/s1. The van der Waals surface area contributed by atoms with Crippen molar-refractivity contribution in [3.05, 3.63) is 78.0 Å². The van der Waals surface area contributed by atoms with Gasteiger partial charge in [-0.25, -0.2) is 4.79 Å². The fourth-order valence-electron chi connectivity index (χ4n) is 4.69. The molecule has 3 aromatic carbocycles. The fraction of sp³-hybridized carbons (Fsp3) is 0.240. The Bertz CT molecular complexity index is 1220. The molecular weight excluding hydrogens is 374 g/mol. The van der Waals surface area contributed by atoms with E-state index in [-0.39, 0.29) is 6.04 Å². The first-order valence-corrected chi connectivity index (χ1v) is 10.4. The van der Waals surface area contributed by atoms with Crippen LogP contribution in [0.25, 0.3) is 21.7 Å². The molecule has 0 saturated carbocycles. The second-order valence-electron chi connectivity index (χ2n) is 8.13. The van der Waals surface area contributed by atoms with E-state index in [0.717, 1.165) is 36.1 Å². The number of rotatable bonds is 5. The molecule has 0 aliphatic carbocycles. The molecule has 5 rings (SSSR count). The predicted molar refractivity (Wildman–Crippen MR) is 121 cm³/mol. The highest BCUT2D eigenvalue weighted by Crippen LogP contribution is 2.29. The molecule has 3 N–H and O–H groups in total. The summed E-state index contributed by atoms with van der Waals surface area (Å²) in [5, 5.41) is 16.4. The average molecular weight is 399 g/mol. The maximum Gasteiger partial charge on any atom is 0.337 e. The van der Waals surface area contributed by atoms with E-state index in [9.17, 15) is 9.90 Å². The number of aromatic nitrogens is 1. The molecule has 0 amide bonds. The third-order valence-corrected chi connectivity index (χ3v) is 6.22. The van der Waals surface area contributed by atoms with Gasteiger partial charge in [-0.1, -0.05) is 42.5 Å². The fourth-order valence-corrected chi connectivity index (χ4v) is 4.69. The summed E-state index contributed by atoms with van der Waals surface area (Å²) in [5.74, 6) is -0.901. The quantitative estimate of drug-likeness (QED) is 0.444. The number of hydrogen-bond acceptors (Lipinski definition) is 3. The number of nitrogens with one attached hydrogen (secondary N) is 2. The molecule has 5 heteroatoms. The number of aromatic amines is 1. The number of fused-ring (bicyclic) bond motifs is 2. The van der Waals surface area contributed by atoms with Gasteiger partial charge in [0, 0.05) is 48.0 Å². The number of anilines is 1. The monoisotopic (exact) mass is 399 g/mol. The van der Waals surface area contributed by atoms with Gasteiger partial charge in [-0.2, -0.15) is 0 Å². The zero-order valence-electron chi connectivity index (χ0n) is 16.9. The number of aromatic carboxylic acids is 1. The van der Waals surface area contributed by atoms with Crippen LogP contribution in [-0.4, -0.2) is 35.2 Å². The first-order chi connectivity index (χ1) is 14.6. The molecule has 0 unspecified atom stereocenters. The molecule has 1 saturated heterocycles. The number of carboxylic acids is 1. The Morgan fingerprint density at radius 2 is 1.97 bits per heavy atom. The summed E-state index contributed by atoms with van der Waals surface area (Å²) in [6.45, 7) is 4.16. The molecule has 1 aliphatic heterocycles. The first kappa shape index (κ1) is 18.7. The van der Waals surface area contributed by atoms with Crippen molar-refractivity contribution in [2.45, 2.75) is 25.4 Å². The van der Waals surface area contributed by atoms with Crippen molar-refractivity contribution in [2.75, 3.05) is 18.0 Å². The van der Waals surface area contributed by atoms with E-state index < -0.39 is 5.97 Å². The van der Waals surface area contributed by atoms with Crippen LogP contribution in [0.15, 0.2) is 66.9 Å². The summed E-state index contributed by atoms with van der Waals surface area (Å²) >= 11 is 0. The van der Waals surface area contributed by atoms with Gasteiger partial charge in [0.2, 0.25) is 0 Å². The molecule has 0 radical (unpaired) electrons. The van der Waals surface area contributed by atoms with Crippen LogP contribution >= 0.6 is 0 Å². The zero-order valence-corrected chi connectivity index (χ0v) is 16.9. The van der Waals surface area contributed by atoms with Crippen molar-refractivity contribution in [3.8, 4) is 0 Å². The maximum absolute atomic E-state index is 11.3. The Kier molecular flexibility index (Phi) is 4.68. The topological polar surface area (TPSA) is 68.4 Å². The summed E-state index contributed by atoms with van der Waals surface area (Å²) in [5.41, 5.74) is 3.65. The van der Waals surface area contributed by atoms with Crippen LogP contribution in [0.5, 0.6) is 0 Å². The van der Waals surface area contributed by atoms with Gasteiger partial charge in [0.1, 0.15) is 0 Å². The summed E-state index contributed by atoms with van der Waals surface area (Å²) in [4.78, 5) is 16.8. The Morgan fingerprint density at radius 1 is 1.13 bits per heavy atom. The molecule has 1 aliphatic rings. The molecule has 152 valence electrons. The second-order valence-corrected chi connectivity index (χ2v) is 8.13. The van der Waals surface area contributed by atoms with Crippen molar-refractivity contribution in [1.82, 2.24) is 10.3 Å². The first-order valence-electron chi connectivity index (χ1n) is 10.4. The van der Waals surface area contributed by atoms with Crippen molar-refractivity contribution in [1.29, 1.82) is 0 Å². The van der Waals surface area contributed by atoms with Crippen LogP contribution in [0.3, 0.4) is 0 Å². The highest BCUT2D eigenvalue weighted by atomic mass is 16.4. The van der Waals surface area contributed by atoms with E-state index in [4.69, 9.17) is 0 Å². The van der Waals surface area contributed by atoms with E-state index in [1.807, 2.05) is 12.1 Å². The van der Waals surface area contributed by atoms with Gasteiger partial charge in [0.15, 0.2) is 0 Å². The smallest absolute Gasteiger partial charge is 0.337 e. The number of carboxylic acid groups (broad SMARTS) is 1. The van der Waals surface area contributed by atoms with Crippen LogP contribution in [0.4, 0.5) is 5.69 Å². The molecular formula is C25H25N3O2. The average Bonchev–Trinajstić information content (AvgIpc) is 3.39. The highest BCUT2D eigenvalue weighted by molar-refractivity contribution is 6.03. The van der Waals surface area contributed by atoms with Gasteiger partial charge in [-0.05, 0) is 47.9 Å². The number of H-pyrrole nitrogens is 1. The van der Waals surface area contributed by atoms with Crippen molar-refractivity contribution < 1.29 is 9.90 Å². The summed E-state index contributed by atoms with van der Waals surface area (Å²) in [7, 11) is 0. The van der Waals surface area contributed by atoms with Crippen LogP contribution in [0.2, 0.25) is 0 Å². The Balaban J connectivity index is 1.31. The molecule has 4 aromatic rings. The lowest BCUT2D eigenvalue weighted by Gasteiger charge is -2.23. The molecule has 2 heterocycles. The van der Waals surface area contributed by atoms with Crippen molar-refractivity contribution in [3.63, 3.8) is 0 Å². The normalized spacial score (nSPS) is 17.6. The zero-order chi connectivity index (χ0) is 20.7. The number of benzene rings is 3. The van der Waals surface area contributed by atoms with Gasteiger partial charge in [-0.3, -0.25) is 0 Å². The van der Waals surface area contributed by atoms with Crippen molar-refractivity contribution >= 4 is 33.3 Å². The number of hydrogen-bond donors (Lipinski definition) is 3. The maximum atomic E-state index is 11.3. The largest absolute Gasteiger partial charge is 0.478 e. The molecule has 1 fully saturated rings. The Labute approximate surface area is 175 Å². The molecule has 30 heavy (non-hydrogen) atoms. The van der Waals surface area contributed by atoms with E-state index in [1.54, 1.807) is 6.20 Å². The van der Waals surface area contributed by atoms with Crippen LogP contribution in [0.1, 0.15) is 35.3 Å². The number of carbonyl (C=O) groups is 1. The Hall–Kier alpha value is -3.31. The highest BCUT2D eigenvalue weighted by Gasteiger charge is 2.25. The minimum atomic E-state index is -0.901. The molecule has 2 atom stereocenters. The third-order valence-electron chi connectivity index (χ3n) is 6.22. The predicted octanol–water partition coefficient (Wildman–Crippen LogP) is 4.95. The van der Waals surface area contributed by atoms with Crippen LogP contribution in [-0.2, 0) is 0 Å². The van der Waals surface area contributed by atoms with Gasteiger partial charge >= 0.3 is 5.97 Å². The van der Waals surface area contributed by atoms with Crippen LogP contribution in [0, 0.1) is 0 Å². The minimum Gasteiger partial charge on any atom is -0.478 e. The molecule has 0 spiro atoms. The van der Waals surface area contributed by atoms with E-state index in [0.29, 0.717) is 11.6 Å². The van der Waals surface area contributed by atoms with Crippen LogP contribution < -0.4 is 10.2 Å². The van der Waals surface area contributed by atoms with E-state index >= 15 is 0 Å². The SMILES string of the molecule is C[C@@H](N[C@H]1CCN(c2ccc3c(C(=O)O)c[nH]c3c2)C1)c1cccc2ccccc12. The third kappa shape index (κ3) is 3.31. The second kappa shape index (κ2) is 7.50.